The monoisotopic (exact) mass is 516 g/mol. The minimum atomic E-state index is -3.82. The van der Waals surface area contributed by atoms with E-state index in [9.17, 15) is 23.7 Å². The van der Waals surface area contributed by atoms with Gasteiger partial charge in [-0.25, -0.2) is 8.42 Å². The van der Waals surface area contributed by atoms with Crippen LogP contribution in [0.4, 0.5) is 0 Å². The summed E-state index contributed by atoms with van der Waals surface area (Å²) in [5, 5.41) is 31.4. The van der Waals surface area contributed by atoms with Crippen LogP contribution < -0.4 is 4.74 Å². The van der Waals surface area contributed by atoms with E-state index in [-0.39, 0.29) is 0 Å². The lowest BCUT2D eigenvalue weighted by Gasteiger charge is -2.40. The number of aliphatic hydroxyl groups is 3. The third-order valence-electron chi connectivity index (χ3n) is 7.90. The Labute approximate surface area is 213 Å². The molecule has 2 aromatic rings. The first kappa shape index (κ1) is 25.7. The van der Waals surface area contributed by atoms with Crippen LogP contribution in [-0.4, -0.2) is 60.3 Å². The number of hydrogen-bond acceptors (Lipinski definition) is 7. The van der Waals surface area contributed by atoms with Crippen molar-refractivity contribution in [1.82, 2.24) is 0 Å². The molecule has 2 aromatic carbocycles. The van der Waals surface area contributed by atoms with E-state index in [0.29, 0.717) is 17.9 Å². The standard InChI is InChI=1S/C28H36O7S/c1-36(32,33)28-26(31)24(29)25(30)27(35-28)20-10-11-22(18-6-2-3-7-18)21(16-20)15-17-9-12-23-19(14-17)8-4-5-13-34-23/h9-12,14,16,18,24-31H,2-8,13,15H2,1H3/t24-,25-,26+,27+,28-/m1/s1. The molecule has 2 fully saturated rings. The lowest BCUT2D eigenvalue weighted by Crippen LogP contribution is -2.56. The topological polar surface area (TPSA) is 113 Å². The highest BCUT2D eigenvalue weighted by atomic mass is 32.2. The van der Waals surface area contributed by atoms with Crippen LogP contribution in [0, 0.1) is 0 Å². The average Bonchev–Trinajstić information content (AvgIpc) is 3.27. The van der Waals surface area contributed by atoms with Crippen molar-refractivity contribution in [3.8, 4) is 5.75 Å². The Hall–Kier alpha value is -1.97. The number of hydrogen-bond donors (Lipinski definition) is 3. The Bertz CT molecular complexity index is 1190. The molecule has 0 aromatic heterocycles. The Kier molecular flexibility index (Phi) is 7.43. The molecule has 7 nitrogen and oxygen atoms in total. The Balaban J connectivity index is 1.50. The van der Waals surface area contributed by atoms with Crippen molar-refractivity contribution in [1.29, 1.82) is 0 Å². The van der Waals surface area contributed by atoms with Gasteiger partial charge in [-0.2, -0.15) is 0 Å². The van der Waals surface area contributed by atoms with Gasteiger partial charge in [-0.1, -0.05) is 43.2 Å². The van der Waals surface area contributed by atoms with Gasteiger partial charge in [0.2, 0.25) is 0 Å². The molecule has 1 saturated carbocycles. The summed E-state index contributed by atoms with van der Waals surface area (Å²) in [6.07, 6.45) is 3.59. The predicted molar refractivity (Wildman–Crippen MR) is 136 cm³/mol. The van der Waals surface area contributed by atoms with Crippen molar-refractivity contribution in [3.63, 3.8) is 0 Å². The molecule has 0 bridgehead atoms. The number of fused-ring (bicyclic) bond motifs is 1. The zero-order valence-electron chi connectivity index (χ0n) is 20.7. The molecule has 8 heteroatoms. The first-order chi connectivity index (χ1) is 17.2. The lowest BCUT2D eigenvalue weighted by molar-refractivity contribution is -0.202. The first-order valence-electron chi connectivity index (χ1n) is 13.0. The summed E-state index contributed by atoms with van der Waals surface area (Å²) in [4.78, 5) is 0. The van der Waals surface area contributed by atoms with Crippen molar-refractivity contribution < 1.29 is 33.2 Å². The molecule has 2 heterocycles. The van der Waals surface area contributed by atoms with Gasteiger partial charge in [-0.05, 0) is 78.3 Å². The third-order valence-corrected chi connectivity index (χ3v) is 9.13. The summed E-state index contributed by atoms with van der Waals surface area (Å²) in [5.41, 5.74) is 3.77. The van der Waals surface area contributed by atoms with Crippen LogP contribution in [0.15, 0.2) is 36.4 Å². The second kappa shape index (κ2) is 10.4. The zero-order valence-corrected chi connectivity index (χ0v) is 21.5. The smallest absolute Gasteiger partial charge is 0.187 e. The number of benzene rings is 2. The summed E-state index contributed by atoms with van der Waals surface area (Å²) >= 11 is 0. The molecule has 3 N–H and O–H groups in total. The van der Waals surface area contributed by atoms with Gasteiger partial charge in [0.1, 0.15) is 30.2 Å². The molecule has 0 spiro atoms. The van der Waals surface area contributed by atoms with Gasteiger partial charge in [0.15, 0.2) is 15.3 Å². The summed E-state index contributed by atoms with van der Waals surface area (Å²) < 4.78 is 36.0. The second-order valence-corrected chi connectivity index (χ2v) is 12.7. The average molecular weight is 517 g/mol. The molecule has 1 saturated heterocycles. The van der Waals surface area contributed by atoms with E-state index in [0.717, 1.165) is 56.3 Å². The number of sulfone groups is 1. The van der Waals surface area contributed by atoms with Gasteiger partial charge in [-0.3, -0.25) is 0 Å². The molecule has 5 atom stereocenters. The van der Waals surface area contributed by atoms with Crippen LogP contribution in [0.2, 0.25) is 0 Å². The maximum absolute atomic E-state index is 12.2. The van der Waals surface area contributed by atoms with Crippen LogP contribution in [-0.2, 0) is 27.4 Å². The number of aliphatic hydroxyl groups excluding tert-OH is 3. The number of ether oxygens (including phenoxy) is 2. The fourth-order valence-electron chi connectivity index (χ4n) is 5.97. The van der Waals surface area contributed by atoms with Crippen molar-refractivity contribution in [2.45, 2.75) is 87.1 Å². The Morgan fingerprint density at radius 3 is 2.44 bits per heavy atom. The minimum Gasteiger partial charge on any atom is -0.493 e. The van der Waals surface area contributed by atoms with E-state index < -0.39 is 39.7 Å². The molecule has 0 radical (unpaired) electrons. The minimum absolute atomic E-state index is 0.464. The van der Waals surface area contributed by atoms with Crippen LogP contribution in [0.3, 0.4) is 0 Å². The molecule has 5 rings (SSSR count). The molecule has 1 aliphatic carbocycles. The van der Waals surface area contributed by atoms with E-state index in [1.165, 1.54) is 29.5 Å². The maximum atomic E-state index is 12.2. The highest BCUT2D eigenvalue weighted by molar-refractivity contribution is 7.91. The SMILES string of the molecule is CS(=O)(=O)[C@H]1O[C@@H](c2ccc(C3CCCC3)c(Cc3ccc4c(c3)CCCCO4)c2)[C@H](O)[C@@H](O)[C@@H]1O. The highest BCUT2D eigenvalue weighted by Crippen LogP contribution is 2.40. The molecule has 2 aliphatic heterocycles. The van der Waals surface area contributed by atoms with Crippen molar-refractivity contribution in [3.05, 3.63) is 64.2 Å². The molecule has 36 heavy (non-hydrogen) atoms. The summed E-state index contributed by atoms with van der Waals surface area (Å²) in [6, 6.07) is 12.3. The van der Waals surface area contributed by atoms with Crippen molar-refractivity contribution in [2.75, 3.05) is 12.9 Å². The van der Waals surface area contributed by atoms with Crippen molar-refractivity contribution >= 4 is 9.84 Å². The van der Waals surface area contributed by atoms with E-state index >= 15 is 0 Å². The maximum Gasteiger partial charge on any atom is 0.187 e. The Morgan fingerprint density at radius 1 is 0.917 bits per heavy atom. The Morgan fingerprint density at radius 2 is 1.69 bits per heavy atom. The van der Waals surface area contributed by atoms with Gasteiger partial charge in [-0.15, -0.1) is 0 Å². The molecule has 3 aliphatic rings. The molecule has 0 unspecified atom stereocenters. The predicted octanol–water partition coefficient (Wildman–Crippen LogP) is 3.17. The quantitative estimate of drug-likeness (QED) is 0.559. The van der Waals surface area contributed by atoms with Gasteiger partial charge in [0, 0.05) is 6.26 Å². The number of aryl methyl sites for hydroxylation is 1. The van der Waals surface area contributed by atoms with E-state index in [1.807, 2.05) is 12.1 Å². The highest BCUT2D eigenvalue weighted by Gasteiger charge is 2.48. The van der Waals surface area contributed by atoms with Gasteiger partial charge >= 0.3 is 0 Å². The molecule has 196 valence electrons. The van der Waals surface area contributed by atoms with E-state index in [1.54, 1.807) is 0 Å². The largest absolute Gasteiger partial charge is 0.493 e. The number of rotatable bonds is 5. The first-order valence-corrected chi connectivity index (χ1v) is 14.9. The molecule has 0 amide bonds. The normalized spacial score (nSPS) is 29.4. The second-order valence-electron chi connectivity index (χ2n) is 10.6. The van der Waals surface area contributed by atoms with Gasteiger partial charge in [0.25, 0.3) is 0 Å². The van der Waals surface area contributed by atoms with E-state index in [2.05, 4.69) is 24.3 Å². The third kappa shape index (κ3) is 5.20. The van der Waals surface area contributed by atoms with Crippen LogP contribution in [0.5, 0.6) is 5.75 Å². The fraction of sp³-hybridized carbons (Fsp3) is 0.571. The van der Waals surface area contributed by atoms with Crippen LogP contribution in [0.1, 0.15) is 78.4 Å². The molecular formula is C28H36O7S. The van der Waals surface area contributed by atoms with Crippen LogP contribution in [0.25, 0.3) is 0 Å². The van der Waals surface area contributed by atoms with Gasteiger partial charge < -0.3 is 24.8 Å². The van der Waals surface area contributed by atoms with Crippen molar-refractivity contribution in [2.24, 2.45) is 0 Å². The zero-order chi connectivity index (χ0) is 25.4. The summed E-state index contributed by atoms with van der Waals surface area (Å²) in [7, 11) is -3.82. The summed E-state index contributed by atoms with van der Waals surface area (Å²) in [5.74, 6) is 1.42. The molecular weight excluding hydrogens is 480 g/mol. The lowest BCUT2D eigenvalue weighted by atomic mass is 9.86. The van der Waals surface area contributed by atoms with Crippen LogP contribution >= 0.6 is 0 Å². The van der Waals surface area contributed by atoms with Gasteiger partial charge in [0.05, 0.1) is 6.61 Å². The summed E-state index contributed by atoms with van der Waals surface area (Å²) in [6.45, 7) is 0.749. The van der Waals surface area contributed by atoms with E-state index in [4.69, 9.17) is 9.47 Å². The fourth-order valence-corrected chi connectivity index (χ4v) is 6.96.